The first kappa shape index (κ1) is 14.8. The number of hydrogen-bond acceptors (Lipinski definition) is 5. The number of aliphatic hydroxyl groups is 1. The molecule has 1 atom stereocenters. The summed E-state index contributed by atoms with van der Waals surface area (Å²) in [5.74, 6) is 0.524. The Hall–Kier alpha value is -1.30. The quantitative estimate of drug-likeness (QED) is 0.722. The van der Waals surface area contributed by atoms with Crippen LogP contribution in [0.5, 0.6) is 5.75 Å². The molecular formula is C13H15O4S. The highest BCUT2D eigenvalue weighted by molar-refractivity contribution is 7.78. The van der Waals surface area contributed by atoms with E-state index < -0.39 is 5.60 Å². The zero-order chi connectivity index (χ0) is 13.4. The van der Waals surface area contributed by atoms with Gasteiger partial charge in [0, 0.05) is 12.0 Å². The van der Waals surface area contributed by atoms with Crippen molar-refractivity contribution in [3.05, 3.63) is 29.8 Å². The van der Waals surface area contributed by atoms with Gasteiger partial charge in [-0.2, -0.15) is 0 Å². The molecule has 0 aliphatic rings. The molecule has 1 aromatic carbocycles. The van der Waals surface area contributed by atoms with Crippen molar-refractivity contribution in [3.63, 3.8) is 0 Å². The first-order valence-corrected chi connectivity index (χ1v) is 5.92. The van der Waals surface area contributed by atoms with Crippen LogP contribution in [0.4, 0.5) is 0 Å². The predicted octanol–water partition coefficient (Wildman–Crippen LogP) is 1.40. The van der Waals surface area contributed by atoms with Crippen molar-refractivity contribution in [1.82, 2.24) is 0 Å². The van der Waals surface area contributed by atoms with E-state index in [-0.39, 0.29) is 19.6 Å². The van der Waals surface area contributed by atoms with Gasteiger partial charge in [0.2, 0.25) is 6.29 Å². The van der Waals surface area contributed by atoms with Gasteiger partial charge in [0.05, 0.1) is 20.3 Å². The summed E-state index contributed by atoms with van der Waals surface area (Å²) in [6.07, 6.45) is 2.07. The number of hydrogen-bond donors (Lipinski definition) is 1. The Kier molecular flexibility index (Phi) is 5.91. The normalized spacial score (nSPS) is 13.7. The molecule has 0 aliphatic heterocycles. The topological polar surface area (TPSA) is 55.8 Å². The average Bonchev–Trinajstić information content (AvgIpc) is 2.43. The van der Waals surface area contributed by atoms with E-state index in [1.54, 1.807) is 24.3 Å². The molecule has 0 spiro atoms. The Balaban J connectivity index is 3.22. The summed E-state index contributed by atoms with van der Waals surface area (Å²) in [5, 5.41) is 10.3. The third-order valence-electron chi connectivity index (χ3n) is 2.52. The number of thiocarbonyl (C=S) groups is 1. The summed E-state index contributed by atoms with van der Waals surface area (Å²) in [7, 11) is 1.51. The van der Waals surface area contributed by atoms with Crippen LogP contribution in [0.25, 0.3) is 0 Å². The maximum atomic E-state index is 11.3. The van der Waals surface area contributed by atoms with Crippen LogP contribution in [0.15, 0.2) is 24.3 Å². The van der Waals surface area contributed by atoms with Crippen LogP contribution in [0, 0.1) is 0 Å². The van der Waals surface area contributed by atoms with E-state index in [9.17, 15) is 4.79 Å². The number of para-hydroxylation sites is 1. The highest BCUT2D eigenvalue weighted by Gasteiger charge is 2.35. The first-order valence-electron chi connectivity index (χ1n) is 5.45. The molecule has 1 N–H and O–H groups in total. The predicted molar refractivity (Wildman–Crippen MR) is 71.7 cm³/mol. The summed E-state index contributed by atoms with van der Waals surface area (Å²) in [6, 6.07) is 7.02. The Bertz CT molecular complexity index is 408. The highest BCUT2D eigenvalue weighted by Crippen LogP contribution is 2.33. The van der Waals surface area contributed by atoms with E-state index in [0.717, 1.165) is 0 Å². The minimum Gasteiger partial charge on any atom is -0.496 e. The summed E-state index contributed by atoms with van der Waals surface area (Å²) in [5.41, 5.74) is -0.770. The van der Waals surface area contributed by atoms with Gasteiger partial charge >= 0.3 is 0 Å². The monoisotopic (exact) mass is 267 g/mol. The SMILES string of the molecule is COc1ccccc1C([C]=O)(CC=S)OCCO. The second kappa shape index (κ2) is 7.20. The maximum Gasteiger partial charge on any atom is 0.238 e. The van der Waals surface area contributed by atoms with E-state index in [4.69, 9.17) is 26.8 Å². The fraction of sp³-hybridized carbons (Fsp3) is 0.385. The zero-order valence-electron chi connectivity index (χ0n) is 10.1. The largest absolute Gasteiger partial charge is 0.496 e. The molecule has 0 saturated heterocycles. The number of methoxy groups -OCH3 is 1. The van der Waals surface area contributed by atoms with Gasteiger partial charge in [-0.1, -0.05) is 30.4 Å². The summed E-state index contributed by atoms with van der Waals surface area (Å²) < 4.78 is 10.7. The number of rotatable bonds is 8. The van der Waals surface area contributed by atoms with Crippen LogP contribution < -0.4 is 4.74 Å². The van der Waals surface area contributed by atoms with Gasteiger partial charge in [-0.05, 0) is 11.4 Å². The van der Waals surface area contributed by atoms with E-state index in [0.29, 0.717) is 11.3 Å². The van der Waals surface area contributed by atoms with Gasteiger partial charge in [0.25, 0.3) is 0 Å². The Labute approximate surface area is 112 Å². The standard InChI is InChI=1S/C13H15O4S/c1-16-12-5-3-2-4-11(12)13(10-15,6-9-18)17-8-7-14/h2-5,9,14H,6-8H2,1H3. The van der Waals surface area contributed by atoms with Gasteiger partial charge in [0.15, 0.2) is 5.60 Å². The van der Waals surface area contributed by atoms with E-state index in [2.05, 4.69) is 0 Å². The molecule has 0 aliphatic carbocycles. The van der Waals surface area contributed by atoms with E-state index in [1.165, 1.54) is 12.5 Å². The Morgan fingerprint density at radius 1 is 1.50 bits per heavy atom. The van der Waals surface area contributed by atoms with Gasteiger partial charge in [-0.3, -0.25) is 4.79 Å². The van der Waals surface area contributed by atoms with Crippen LogP contribution in [0.3, 0.4) is 0 Å². The molecule has 0 saturated carbocycles. The lowest BCUT2D eigenvalue weighted by Crippen LogP contribution is -2.33. The number of aliphatic hydroxyl groups excluding tert-OH is 1. The molecule has 1 aromatic rings. The smallest absolute Gasteiger partial charge is 0.238 e. The van der Waals surface area contributed by atoms with Crippen LogP contribution in [-0.4, -0.2) is 37.1 Å². The van der Waals surface area contributed by atoms with E-state index >= 15 is 0 Å². The molecule has 5 heteroatoms. The molecule has 1 radical (unpaired) electrons. The number of ether oxygens (including phenoxy) is 2. The molecule has 0 fully saturated rings. The van der Waals surface area contributed by atoms with Gasteiger partial charge < -0.3 is 14.6 Å². The molecule has 4 nitrogen and oxygen atoms in total. The lowest BCUT2D eigenvalue weighted by atomic mass is 9.91. The molecule has 0 bridgehead atoms. The zero-order valence-corrected chi connectivity index (χ0v) is 10.9. The third kappa shape index (κ3) is 3.13. The van der Waals surface area contributed by atoms with Gasteiger partial charge in [-0.15, -0.1) is 0 Å². The second-order valence-electron chi connectivity index (χ2n) is 3.57. The highest BCUT2D eigenvalue weighted by atomic mass is 32.1. The van der Waals surface area contributed by atoms with Crippen molar-refractivity contribution in [3.8, 4) is 5.75 Å². The average molecular weight is 267 g/mol. The van der Waals surface area contributed by atoms with Crippen molar-refractivity contribution in [2.45, 2.75) is 12.0 Å². The summed E-state index contributed by atoms with van der Waals surface area (Å²) >= 11 is 4.81. The van der Waals surface area contributed by atoms with Crippen molar-refractivity contribution in [1.29, 1.82) is 0 Å². The maximum absolute atomic E-state index is 11.3. The number of carbonyl (C=O) groups excluding carboxylic acids is 1. The molecule has 97 valence electrons. The van der Waals surface area contributed by atoms with Crippen LogP contribution >= 0.6 is 12.2 Å². The van der Waals surface area contributed by atoms with Crippen molar-refractivity contribution in [2.75, 3.05) is 20.3 Å². The molecular weight excluding hydrogens is 252 g/mol. The molecule has 0 amide bonds. The lowest BCUT2D eigenvalue weighted by Gasteiger charge is -2.27. The van der Waals surface area contributed by atoms with Crippen LogP contribution in [0.2, 0.25) is 0 Å². The van der Waals surface area contributed by atoms with Crippen molar-refractivity contribution >= 4 is 23.9 Å². The van der Waals surface area contributed by atoms with Gasteiger partial charge in [-0.25, -0.2) is 0 Å². The lowest BCUT2D eigenvalue weighted by molar-refractivity contribution is -0.0114. The van der Waals surface area contributed by atoms with Crippen LogP contribution in [-0.2, 0) is 15.1 Å². The van der Waals surface area contributed by atoms with E-state index in [1.807, 2.05) is 6.29 Å². The van der Waals surface area contributed by atoms with Crippen molar-refractivity contribution < 1.29 is 19.4 Å². The molecule has 0 heterocycles. The molecule has 0 aromatic heterocycles. The van der Waals surface area contributed by atoms with Crippen LogP contribution in [0.1, 0.15) is 12.0 Å². The minimum absolute atomic E-state index is 0.0243. The molecule has 18 heavy (non-hydrogen) atoms. The minimum atomic E-state index is -1.32. The Morgan fingerprint density at radius 2 is 2.22 bits per heavy atom. The summed E-state index contributed by atoms with van der Waals surface area (Å²) in [6.45, 7) is -0.160. The fourth-order valence-electron chi connectivity index (χ4n) is 1.69. The molecule has 1 unspecified atom stereocenters. The molecule has 1 rings (SSSR count). The first-order chi connectivity index (χ1) is 8.74. The number of benzene rings is 1. The second-order valence-corrected chi connectivity index (χ2v) is 3.91. The van der Waals surface area contributed by atoms with Crippen molar-refractivity contribution in [2.24, 2.45) is 0 Å². The summed E-state index contributed by atoms with van der Waals surface area (Å²) in [4.78, 5) is 11.3. The Morgan fingerprint density at radius 3 is 2.78 bits per heavy atom. The fourth-order valence-corrected chi connectivity index (χ4v) is 1.92. The third-order valence-corrected chi connectivity index (χ3v) is 2.68. The van der Waals surface area contributed by atoms with Gasteiger partial charge in [0.1, 0.15) is 5.75 Å².